The smallest absolute Gasteiger partial charge is 0.303 e. The van der Waals surface area contributed by atoms with Gasteiger partial charge in [0, 0.05) is 18.7 Å². The van der Waals surface area contributed by atoms with E-state index in [9.17, 15) is 4.79 Å². The van der Waals surface area contributed by atoms with Crippen molar-refractivity contribution < 1.29 is 9.90 Å². The van der Waals surface area contributed by atoms with E-state index < -0.39 is 5.97 Å². The van der Waals surface area contributed by atoms with Crippen LogP contribution in [0.25, 0.3) is 0 Å². The lowest BCUT2D eigenvalue weighted by Crippen LogP contribution is -2.21. The molecule has 15 heavy (non-hydrogen) atoms. The van der Waals surface area contributed by atoms with E-state index in [1.165, 1.54) is 0 Å². The van der Waals surface area contributed by atoms with E-state index in [-0.39, 0.29) is 12.5 Å². The minimum Gasteiger partial charge on any atom is -0.481 e. The SMILES string of the molecule is CC(NCCCC(=O)O)c1ccccn1. The molecule has 0 aliphatic carbocycles. The summed E-state index contributed by atoms with van der Waals surface area (Å²) in [6.45, 7) is 2.72. The molecule has 0 saturated heterocycles. The first-order chi connectivity index (χ1) is 7.20. The van der Waals surface area contributed by atoms with Crippen LogP contribution in [0, 0.1) is 0 Å². The van der Waals surface area contributed by atoms with Crippen molar-refractivity contribution in [2.75, 3.05) is 6.54 Å². The Morgan fingerprint density at radius 2 is 2.40 bits per heavy atom. The quantitative estimate of drug-likeness (QED) is 0.697. The van der Waals surface area contributed by atoms with Crippen LogP contribution in [0.15, 0.2) is 24.4 Å². The largest absolute Gasteiger partial charge is 0.481 e. The predicted octanol–water partition coefficient (Wildman–Crippen LogP) is 1.60. The van der Waals surface area contributed by atoms with Crippen molar-refractivity contribution in [2.24, 2.45) is 0 Å². The highest BCUT2D eigenvalue weighted by molar-refractivity contribution is 5.66. The third-order valence-corrected chi connectivity index (χ3v) is 2.15. The van der Waals surface area contributed by atoms with E-state index in [0.717, 1.165) is 5.69 Å². The summed E-state index contributed by atoms with van der Waals surface area (Å²) in [5.74, 6) is -0.748. The highest BCUT2D eigenvalue weighted by Crippen LogP contribution is 2.07. The zero-order valence-electron chi connectivity index (χ0n) is 8.81. The van der Waals surface area contributed by atoms with E-state index in [1.807, 2.05) is 25.1 Å². The summed E-state index contributed by atoms with van der Waals surface area (Å²) in [5.41, 5.74) is 0.979. The van der Waals surface area contributed by atoms with E-state index in [2.05, 4.69) is 10.3 Å². The Kier molecular flexibility index (Phi) is 4.77. The molecule has 2 N–H and O–H groups in total. The van der Waals surface area contributed by atoms with Gasteiger partial charge in [0.05, 0.1) is 5.69 Å². The molecule has 0 saturated carbocycles. The molecule has 82 valence electrons. The Bertz CT molecular complexity index is 301. The maximum atomic E-state index is 10.3. The van der Waals surface area contributed by atoms with Crippen molar-refractivity contribution >= 4 is 5.97 Å². The Balaban J connectivity index is 2.25. The summed E-state index contributed by atoms with van der Waals surface area (Å²) in [6.07, 6.45) is 2.61. The van der Waals surface area contributed by atoms with Crippen molar-refractivity contribution in [2.45, 2.75) is 25.8 Å². The van der Waals surface area contributed by atoms with Gasteiger partial charge in [-0.3, -0.25) is 9.78 Å². The topological polar surface area (TPSA) is 62.2 Å². The fraction of sp³-hybridized carbons (Fsp3) is 0.455. The second-order valence-corrected chi connectivity index (χ2v) is 3.43. The Labute approximate surface area is 89.3 Å². The molecule has 0 aliphatic heterocycles. The number of carbonyl (C=O) groups is 1. The van der Waals surface area contributed by atoms with Crippen LogP contribution < -0.4 is 5.32 Å². The van der Waals surface area contributed by atoms with Crippen molar-refractivity contribution in [1.82, 2.24) is 10.3 Å². The molecule has 1 atom stereocenters. The first-order valence-electron chi connectivity index (χ1n) is 5.06. The van der Waals surface area contributed by atoms with Gasteiger partial charge in [0.25, 0.3) is 0 Å². The van der Waals surface area contributed by atoms with Crippen LogP contribution in [-0.4, -0.2) is 22.6 Å². The number of nitrogens with zero attached hydrogens (tertiary/aromatic N) is 1. The summed E-state index contributed by atoms with van der Waals surface area (Å²) < 4.78 is 0. The monoisotopic (exact) mass is 208 g/mol. The lowest BCUT2D eigenvalue weighted by atomic mass is 10.2. The first-order valence-corrected chi connectivity index (χ1v) is 5.06. The number of carboxylic acid groups (broad SMARTS) is 1. The van der Waals surface area contributed by atoms with Crippen LogP contribution in [0.3, 0.4) is 0 Å². The molecule has 1 aromatic heterocycles. The fourth-order valence-electron chi connectivity index (χ4n) is 1.29. The summed E-state index contributed by atoms with van der Waals surface area (Å²) in [7, 11) is 0. The van der Waals surface area contributed by atoms with E-state index in [4.69, 9.17) is 5.11 Å². The second-order valence-electron chi connectivity index (χ2n) is 3.43. The number of hydrogen-bond acceptors (Lipinski definition) is 3. The number of nitrogens with one attached hydrogen (secondary N) is 1. The molecule has 1 rings (SSSR count). The number of carboxylic acids is 1. The first kappa shape index (κ1) is 11.7. The van der Waals surface area contributed by atoms with Crippen molar-refractivity contribution in [3.63, 3.8) is 0 Å². The summed E-state index contributed by atoms with van der Waals surface area (Å²) >= 11 is 0. The van der Waals surface area contributed by atoms with Gasteiger partial charge >= 0.3 is 5.97 Å². The molecule has 1 unspecified atom stereocenters. The molecule has 0 amide bonds. The van der Waals surface area contributed by atoms with Crippen LogP contribution in [-0.2, 0) is 4.79 Å². The zero-order chi connectivity index (χ0) is 11.1. The van der Waals surface area contributed by atoms with Crippen molar-refractivity contribution in [1.29, 1.82) is 0 Å². The third-order valence-electron chi connectivity index (χ3n) is 2.15. The van der Waals surface area contributed by atoms with Crippen LogP contribution in [0.1, 0.15) is 31.5 Å². The number of rotatable bonds is 6. The van der Waals surface area contributed by atoms with Gasteiger partial charge in [-0.05, 0) is 32.0 Å². The van der Waals surface area contributed by atoms with Crippen LogP contribution in [0.5, 0.6) is 0 Å². The molecule has 0 radical (unpaired) electrons. The van der Waals surface area contributed by atoms with Crippen LogP contribution in [0.4, 0.5) is 0 Å². The van der Waals surface area contributed by atoms with Crippen molar-refractivity contribution in [3.8, 4) is 0 Å². The van der Waals surface area contributed by atoms with E-state index in [0.29, 0.717) is 13.0 Å². The maximum absolute atomic E-state index is 10.3. The molecule has 4 nitrogen and oxygen atoms in total. The number of aromatic nitrogens is 1. The maximum Gasteiger partial charge on any atom is 0.303 e. The van der Waals surface area contributed by atoms with Gasteiger partial charge in [-0.1, -0.05) is 6.07 Å². The molecular weight excluding hydrogens is 192 g/mol. The summed E-state index contributed by atoms with van der Waals surface area (Å²) in [5, 5.41) is 11.7. The van der Waals surface area contributed by atoms with Gasteiger partial charge in [-0.25, -0.2) is 0 Å². The Hall–Kier alpha value is -1.42. The standard InChI is InChI=1S/C11H16N2O2/c1-9(10-5-2-3-7-13-10)12-8-4-6-11(14)15/h2-3,5,7,9,12H,4,6,8H2,1H3,(H,14,15). The van der Waals surface area contributed by atoms with E-state index in [1.54, 1.807) is 6.20 Å². The molecule has 1 aromatic rings. The van der Waals surface area contributed by atoms with Gasteiger partial charge in [0.15, 0.2) is 0 Å². The van der Waals surface area contributed by atoms with Gasteiger partial charge in [0.2, 0.25) is 0 Å². The normalized spacial score (nSPS) is 12.3. The Morgan fingerprint density at radius 3 is 3.00 bits per heavy atom. The minimum atomic E-state index is -0.748. The molecular formula is C11H16N2O2. The number of pyridine rings is 1. The second kappa shape index (κ2) is 6.14. The van der Waals surface area contributed by atoms with Gasteiger partial charge in [0.1, 0.15) is 0 Å². The average Bonchev–Trinajstić information content (AvgIpc) is 2.25. The highest BCUT2D eigenvalue weighted by atomic mass is 16.4. The summed E-state index contributed by atoms with van der Waals surface area (Å²) in [4.78, 5) is 14.5. The molecule has 0 fully saturated rings. The van der Waals surface area contributed by atoms with Crippen LogP contribution >= 0.6 is 0 Å². The predicted molar refractivity (Wildman–Crippen MR) is 57.5 cm³/mol. The molecule has 0 aromatic carbocycles. The highest BCUT2D eigenvalue weighted by Gasteiger charge is 2.04. The summed E-state index contributed by atoms with van der Waals surface area (Å²) in [6, 6.07) is 5.94. The van der Waals surface area contributed by atoms with Crippen LogP contribution in [0.2, 0.25) is 0 Å². The number of hydrogen-bond donors (Lipinski definition) is 2. The zero-order valence-corrected chi connectivity index (χ0v) is 8.81. The molecule has 0 aliphatic rings. The number of aliphatic carboxylic acids is 1. The lowest BCUT2D eigenvalue weighted by Gasteiger charge is -2.12. The Morgan fingerprint density at radius 1 is 1.60 bits per heavy atom. The van der Waals surface area contributed by atoms with Crippen molar-refractivity contribution in [3.05, 3.63) is 30.1 Å². The van der Waals surface area contributed by atoms with Gasteiger partial charge in [-0.15, -0.1) is 0 Å². The fourth-order valence-corrected chi connectivity index (χ4v) is 1.29. The van der Waals surface area contributed by atoms with E-state index >= 15 is 0 Å². The molecule has 1 heterocycles. The average molecular weight is 208 g/mol. The molecule has 0 spiro atoms. The third kappa shape index (κ3) is 4.56. The minimum absolute atomic E-state index is 0.167. The molecule has 4 heteroatoms. The van der Waals surface area contributed by atoms with Gasteiger partial charge in [-0.2, -0.15) is 0 Å². The molecule has 0 bridgehead atoms. The van der Waals surface area contributed by atoms with Gasteiger partial charge < -0.3 is 10.4 Å². The lowest BCUT2D eigenvalue weighted by molar-refractivity contribution is -0.137.